The van der Waals surface area contributed by atoms with Gasteiger partial charge in [-0.05, 0) is 18.1 Å². The van der Waals surface area contributed by atoms with Gasteiger partial charge in [-0.2, -0.15) is 0 Å². The number of nitrogens with zero attached hydrogens (tertiary/aromatic N) is 2. The molecule has 0 N–H and O–H groups in total. The zero-order valence-electron chi connectivity index (χ0n) is 10.1. The number of anilines is 1. The number of nitro groups is 1. The van der Waals surface area contributed by atoms with Crippen LogP contribution < -0.4 is 4.90 Å². The fraction of sp³-hybridized carbons (Fsp3) is 0.500. The number of hydrogen-bond acceptors (Lipinski definition) is 3. The molecule has 0 saturated carbocycles. The highest BCUT2D eigenvalue weighted by Crippen LogP contribution is 2.26. The third-order valence-corrected chi connectivity index (χ3v) is 2.96. The van der Waals surface area contributed by atoms with Crippen LogP contribution >= 0.6 is 11.6 Å². The van der Waals surface area contributed by atoms with E-state index in [1.807, 2.05) is 7.05 Å². The lowest BCUT2D eigenvalue weighted by Gasteiger charge is -2.21. The second-order valence-corrected chi connectivity index (χ2v) is 4.25. The minimum Gasteiger partial charge on any atom is -0.374 e. The van der Waals surface area contributed by atoms with E-state index in [1.54, 1.807) is 12.1 Å². The number of halogens is 1. The molecule has 4 nitrogen and oxygen atoms in total. The van der Waals surface area contributed by atoms with Gasteiger partial charge < -0.3 is 4.90 Å². The predicted molar refractivity (Wildman–Crippen MR) is 70.8 cm³/mol. The summed E-state index contributed by atoms with van der Waals surface area (Å²) in [5, 5.41) is 10.7. The van der Waals surface area contributed by atoms with Gasteiger partial charge in [0, 0.05) is 37.3 Å². The zero-order valence-corrected chi connectivity index (χ0v) is 10.9. The second kappa shape index (κ2) is 6.45. The largest absolute Gasteiger partial charge is 0.374 e. The minimum atomic E-state index is -0.397. The first-order chi connectivity index (χ1) is 8.10. The molecule has 0 heterocycles. The lowest BCUT2D eigenvalue weighted by molar-refractivity contribution is -0.384. The molecule has 0 aromatic heterocycles. The second-order valence-electron chi connectivity index (χ2n) is 3.98. The van der Waals surface area contributed by atoms with Crippen molar-refractivity contribution in [3.05, 3.63) is 33.9 Å². The van der Waals surface area contributed by atoms with Gasteiger partial charge in [-0.15, -0.1) is 11.6 Å². The van der Waals surface area contributed by atoms with Crippen molar-refractivity contribution in [3.8, 4) is 0 Å². The summed E-state index contributed by atoms with van der Waals surface area (Å²) in [4.78, 5) is 12.4. The average molecular weight is 257 g/mol. The van der Waals surface area contributed by atoms with Crippen LogP contribution in [0.1, 0.15) is 25.3 Å². The maximum absolute atomic E-state index is 10.7. The summed E-state index contributed by atoms with van der Waals surface area (Å²) in [6, 6.07) is 4.84. The van der Waals surface area contributed by atoms with Crippen molar-refractivity contribution >= 4 is 23.0 Å². The van der Waals surface area contributed by atoms with Crippen molar-refractivity contribution in [2.75, 3.05) is 18.5 Å². The van der Waals surface area contributed by atoms with E-state index in [2.05, 4.69) is 11.8 Å². The van der Waals surface area contributed by atoms with Crippen molar-refractivity contribution in [3.63, 3.8) is 0 Å². The Morgan fingerprint density at radius 3 is 2.71 bits per heavy atom. The van der Waals surface area contributed by atoms with Crippen LogP contribution in [0.4, 0.5) is 11.4 Å². The number of hydrogen-bond donors (Lipinski definition) is 0. The first-order valence-electron chi connectivity index (χ1n) is 5.64. The third kappa shape index (κ3) is 3.60. The molecule has 5 heteroatoms. The maximum Gasteiger partial charge on any atom is 0.269 e. The van der Waals surface area contributed by atoms with Gasteiger partial charge in [-0.3, -0.25) is 10.1 Å². The van der Waals surface area contributed by atoms with Crippen molar-refractivity contribution < 1.29 is 4.92 Å². The average Bonchev–Trinajstić information content (AvgIpc) is 2.34. The smallest absolute Gasteiger partial charge is 0.269 e. The van der Waals surface area contributed by atoms with Crippen LogP contribution in [-0.4, -0.2) is 18.5 Å². The molecule has 1 rings (SSSR count). The topological polar surface area (TPSA) is 46.4 Å². The van der Waals surface area contributed by atoms with Gasteiger partial charge in [-0.1, -0.05) is 13.3 Å². The summed E-state index contributed by atoms with van der Waals surface area (Å²) >= 11 is 5.84. The van der Waals surface area contributed by atoms with Gasteiger partial charge in [-0.25, -0.2) is 0 Å². The summed E-state index contributed by atoms with van der Waals surface area (Å²) in [5.74, 6) is 0.285. The van der Waals surface area contributed by atoms with Crippen molar-refractivity contribution in [2.24, 2.45) is 0 Å². The van der Waals surface area contributed by atoms with Crippen molar-refractivity contribution in [1.29, 1.82) is 0 Å². The maximum atomic E-state index is 10.7. The standard InChI is InChI=1S/C12H17ClN2O2/c1-3-4-7-14(2)12-6-5-11(15(16)17)8-10(12)9-13/h5-6,8H,3-4,7,9H2,1-2H3. The van der Waals surface area contributed by atoms with Crippen LogP contribution in [0.25, 0.3) is 0 Å². The number of benzene rings is 1. The fourth-order valence-electron chi connectivity index (χ4n) is 1.68. The molecule has 0 aliphatic rings. The van der Waals surface area contributed by atoms with Crippen LogP contribution in [0.3, 0.4) is 0 Å². The quantitative estimate of drug-likeness (QED) is 0.444. The molecule has 1 aromatic rings. The molecular weight excluding hydrogens is 240 g/mol. The molecule has 94 valence electrons. The third-order valence-electron chi connectivity index (χ3n) is 2.68. The highest BCUT2D eigenvalue weighted by atomic mass is 35.5. The fourth-order valence-corrected chi connectivity index (χ4v) is 1.89. The molecule has 0 spiro atoms. The number of unbranched alkanes of at least 4 members (excludes halogenated alkanes) is 1. The van der Waals surface area contributed by atoms with E-state index in [9.17, 15) is 10.1 Å². The summed E-state index contributed by atoms with van der Waals surface area (Å²) < 4.78 is 0. The van der Waals surface area contributed by atoms with Crippen molar-refractivity contribution in [1.82, 2.24) is 0 Å². The monoisotopic (exact) mass is 256 g/mol. The number of non-ortho nitro benzene ring substituents is 1. The van der Waals surface area contributed by atoms with Crippen LogP contribution in [0.15, 0.2) is 18.2 Å². The zero-order chi connectivity index (χ0) is 12.8. The van der Waals surface area contributed by atoms with E-state index in [0.717, 1.165) is 30.6 Å². The summed E-state index contributed by atoms with van der Waals surface area (Å²) in [6.45, 7) is 3.06. The molecule has 0 aliphatic heterocycles. The molecule has 0 aliphatic carbocycles. The molecule has 0 bridgehead atoms. The molecule has 0 radical (unpaired) electrons. The summed E-state index contributed by atoms with van der Waals surface area (Å²) in [7, 11) is 1.98. The molecule has 1 aromatic carbocycles. The normalized spacial score (nSPS) is 10.3. The Labute approximate surface area is 106 Å². The molecule has 0 amide bonds. The van der Waals surface area contributed by atoms with Crippen LogP contribution in [0.2, 0.25) is 0 Å². The van der Waals surface area contributed by atoms with Crippen LogP contribution in [-0.2, 0) is 5.88 Å². The Balaban J connectivity index is 2.95. The van der Waals surface area contributed by atoms with E-state index in [4.69, 9.17) is 11.6 Å². The van der Waals surface area contributed by atoms with E-state index in [-0.39, 0.29) is 11.6 Å². The highest BCUT2D eigenvalue weighted by molar-refractivity contribution is 6.17. The van der Waals surface area contributed by atoms with Gasteiger partial charge in [0.15, 0.2) is 0 Å². The van der Waals surface area contributed by atoms with E-state index >= 15 is 0 Å². The lowest BCUT2D eigenvalue weighted by atomic mass is 10.1. The van der Waals surface area contributed by atoms with Crippen molar-refractivity contribution in [2.45, 2.75) is 25.6 Å². The van der Waals surface area contributed by atoms with Gasteiger partial charge in [0.1, 0.15) is 0 Å². The molecule has 17 heavy (non-hydrogen) atoms. The first kappa shape index (κ1) is 13.8. The molecular formula is C12H17ClN2O2. The Bertz CT molecular complexity index is 396. The van der Waals surface area contributed by atoms with Gasteiger partial charge in [0.05, 0.1) is 4.92 Å². The summed E-state index contributed by atoms with van der Waals surface area (Å²) in [5.41, 5.74) is 1.87. The molecule has 0 saturated heterocycles. The molecule has 0 fully saturated rings. The SMILES string of the molecule is CCCCN(C)c1ccc([N+](=O)[O-])cc1CCl. The van der Waals surface area contributed by atoms with Gasteiger partial charge >= 0.3 is 0 Å². The minimum absolute atomic E-state index is 0.0910. The number of rotatable bonds is 6. The Hall–Kier alpha value is -1.29. The van der Waals surface area contributed by atoms with E-state index < -0.39 is 4.92 Å². The van der Waals surface area contributed by atoms with Gasteiger partial charge in [0.25, 0.3) is 5.69 Å². The highest BCUT2D eigenvalue weighted by Gasteiger charge is 2.12. The number of nitro benzene ring substituents is 1. The van der Waals surface area contributed by atoms with E-state index in [1.165, 1.54) is 6.07 Å². The number of alkyl halides is 1. The Morgan fingerprint density at radius 2 is 2.18 bits per heavy atom. The first-order valence-corrected chi connectivity index (χ1v) is 6.18. The predicted octanol–water partition coefficient (Wildman–Crippen LogP) is 3.57. The lowest BCUT2D eigenvalue weighted by Crippen LogP contribution is -2.19. The van der Waals surface area contributed by atoms with Crippen LogP contribution in [0, 0.1) is 10.1 Å². The van der Waals surface area contributed by atoms with Gasteiger partial charge in [0.2, 0.25) is 0 Å². The van der Waals surface area contributed by atoms with E-state index in [0.29, 0.717) is 0 Å². The summed E-state index contributed by atoms with van der Waals surface area (Å²) in [6.07, 6.45) is 2.21. The Kier molecular flexibility index (Phi) is 5.22. The molecule has 0 unspecified atom stereocenters. The molecule has 0 atom stereocenters. The van der Waals surface area contributed by atoms with Crippen LogP contribution in [0.5, 0.6) is 0 Å². The Morgan fingerprint density at radius 1 is 1.47 bits per heavy atom.